The van der Waals surface area contributed by atoms with Crippen LogP contribution in [0.1, 0.15) is 44.2 Å². The van der Waals surface area contributed by atoms with Gasteiger partial charge in [0.15, 0.2) is 5.60 Å². The van der Waals surface area contributed by atoms with Crippen LogP contribution in [0.15, 0.2) is 54.6 Å². The number of nitrogens with one attached hydrogen (secondary N) is 1. The number of hydrogen-bond acceptors (Lipinski definition) is 7. The molecule has 0 radical (unpaired) electrons. The zero-order chi connectivity index (χ0) is 29.0. The van der Waals surface area contributed by atoms with Crippen molar-refractivity contribution in [1.82, 2.24) is 4.90 Å². The molecule has 2 aliphatic heterocycles. The lowest BCUT2D eigenvalue weighted by atomic mass is 9.83. The van der Waals surface area contributed by atoms with Gasteiger partial charge in [-0.1, -0.05) is 31.2 Å². The highest BCUT2D eigenvalue weighted by Gasteiger charge is 2.52. The van der Waals surface area contributed by atoms with Crippen LogP contribution in [0.4, 0.5) is 11.4 Å². The average Bonchev–Trinajstić information content (AvgIpc) is 3.51. The summed E-state index contributed by atoms with van der Waals surface area (Å²) in [4.78, 5) is 41.7. The molecule has 10 heteroatoms. The summed E-state index contributed by atoms with van der Waals surface area (Å²) in [5.41, 5.74) is 0.219. The molecule has 0 spiro atoms. The lowest BCUT2D eigenvalue weighted by Gasteiger charge is -2.28. The van der Waals surface area contributed by atoms with E-state index in [1.807, 2.05) is 0 Å². The minimum absolute atomic E-state index is 0.0651. The van der Waals surface area contributed by atoms with Crippen LogP contribution in [0.2, 0.25) is 0 Å². The smallest absolute Gasteiger partial charge is 0.264 e. The predicted octanol–water partition coefficient (Wildman–Crippen LogP) is 2.31. The van der Waals surface area contributed by atoms with Crippen molar-refractivity contribution in [2.24, 2.45) is 5.92 Å². The monoisotopic (exact) mass is 551 g/mol. The minimum Gasteiger partial charge on any atom is -0.497 e. The maximum atomic E-state index is 13.9. The highest BCUT2D eigenvalue weighted by Crippen LogP contribution is 2.47. The third kappa shape index (κ3) is 5.74. The van der Waals surface area contributed by atoms with Crippen molar-refractivity contribution in [3.63, 3.8) is 0 Å². The Morgan fingerprint density at radius 3 is 2.70 bits per heavy atom. The molecule has 214 valence electrons. The van der Waals surface area contributed by atoms with E-state index >= 15 is 0 Å². The lowest BCUT2D eigenvalue weighted by Crippen LogP contribution is -2.44. The van der Waals surface area contributed by atoms with E-state index in [0.717, 1.165) is 12.8 Å². The van der Waals surface area contributed by atoms with Gasteiger partial charge in [0.2, 0.25) is 5.91 Å². The van der Waals surface area contributed by atoms with Crippen molar-refractivity contribution in [3.05, 3.63) is 65.7 Å². The molecule has 3 amide bonds. The Bertz CT molecular complexity index is 1290. The van der Waals surface area contributed by atoms with E-state index in [2.05, 4.69) is 5.32 Å². The Morgan fingerprint density at radius 2 is 2.00 bits per heavy atom. The quantitative estimate of drug-likeness (QED) is 0.332. The highest BCUT2D eigenvalue weighted by atomic mass is 16.5. The number of aliphatic hydroxyl groups is 3. The number of rotatable bonds is 10. The second kappa shape index (κ2) is 12.2. The minimum atomic E-state index is -1.90. The van der Waals surface area contributed by atoms with Gasteiger partial charge in [0.1, 0.15) is 11.9 Å². The van der Waals surface area contributed by atoms with Gasteiger partial charge in [-0.05, 0) is 55.7 Å². The van der Waals surface area contributed by atoms with Gasteiger partial charge in [-0.15, -0.1) is 0 Å². The zero-order valence-corrected chi connectivity index (χ0v) is 23.0. The molecule has 2 aromatic rings. The number of nitrogens with zero attached hydrogens (tertiary/aromatic N) is 2. The number of fused-ring (bicyclic) bond motifs is 1. The Kier molecular flexibility index (Phi) is 8.92. The summed E-state index contributed by atoms with van der Waals surface area (Å²) in [6.45, 7) is 3.78. The number of carbonyl (C=O) groups is 3. The zero-order valence-electron chi connectivity index (χ0n) is 23.0. The summed E-state index contributed by atoms with van der Waals surface area (Å²) < 4.78 is 5.37. The summed E-state index contributed by atoms with van der Waals surface area (Å²) in [5.74, 6) is -1.34. The van der Waals surface area contributed by atoms with Gasteiger partial charge < -0.3 is 35.2 Å². The first kappa shape index (κ1) is 29.3. The van der Waals surface area contributed by atoms with E-state index in [-0.39, 0.29) is 31.5 Å². The number of benzene rings is 2. The highest BCUT2D eigenvalue weighted by molar-refractivity contribution is 6.07. The van der Waals surface area contributed by atoms with E-state index in [1.165, 1.54) is 18.9 Å². The molecule has 0 aliphatic carbocycles. The molecule has 10 nitrogen and oxygen atoms in total. The topological polar surface area (TPSA) is 140 Å². The molecule has 2 heterocycles. The number of amides is 3. The van der Waals surface area contributed by atoms with E-state index in [1.54, 1.807) is 66.4 Å². The van der Waals surface area contributed by atoms with Gasteiger partial charge in [-0.3, -0.25) is 14.4 Å². The Balaban J connectivity index is 1.57. The van der Waals surface area contributed by atoms with Crippen LogP contribution < -0.4 is 15.0 Å². The average molecular weight is 552 g/mol. The van der Waals surface area contributed by atoms with E-state index in [4.69, 9.17) is 4.74 Å². The number of aliphatic hydroxyl groups excluding tert-OH is 2. The first-order chi connectivity index (χ1) is 19.1. The number of carbonyl (C=O) groups excluding carboxylic acids is 3. The molecule has 2 aliphatic rings. The molecule has 4 N–H and O–H groups in total. The van der Waals surface area contributed by atoms with Crippen LogP contribution in [0, 0.1) is 5.92 Å². The standard InChI is InChI=1S/C30H37N3O7/c1-19(7-4-11-27(36)32-14-6-10-23(32)18-34)30(39)25-16-24(40-3)12-13-26(25)33(29(30)38)17-21-8-5-9-22(15-21)31-28(37)20(2)35/h4-5,7-9,12-13,15-16,19-20,23,34-35,39H,6,10-11,14,17-18H2,1-3H3,(H,31,37)/b7-4+/t19-,20+,23+,30+/m1/s1. The predicted molar refractivity (Wildman–Crippen MR) is 150 cm³/mol. The Hall–Kier alpha value is -3.73. The number of anilines is 2. The van der Waals surface area contributed by atoms with Crippen molar-refractivity contribution in [1.29, 1.82) is 0 Å². The van der Waals surface area contributed by atoms with Gasteiger partial charge in [0, 0.05) is 30.1 Å². The third-order valence-electron chi connectivity index (χ3n) is 7.68. The summed E-state index contributed by atoms with van der Waals surface area (Å²) in [7, 11) is 1.51. The molecule has 40 heavy (non-hydrogen) atoms. The van der Waals surface area contributed by atoms with Crippen molar-refractivity contribution in [3.8, 4) is 5.75 Å². The first-order valence-corrected chi connectivity index (χ1v) is 13.5. The largest absolute Gasteiger partial charge is 0.497 e. The SMILES string of the molecule is COc1ccc2c(c1)[C@@](O)([C@H](C)/C=C/CC(=O)N1CCC[C@H]1CO)C(=O)N2Cc1cccc(NC(=O)[C@H](C)O)c1. The molecular weight excluding hydrogens is 514 g/mol. The number of methoxy groups -OCH3 is 1. The van der Waals surface area contributed by atoms with E-state index in [0.29, 0.717) is 34.8 Å². The molecule has 0 saturated carbocycles. The van der Waals surface area contributed by atoms with Crippen molar-refractivity contribution in [2.75, 3.05) is 30.5 Å². The maximum Gasteiger partial charge on any atom is 0.264 e. The second-order valence-electron chi connectivity index (χ2n) is 10.4. The molecule has 0 aromatic heterocycles. The number of likely N-dealkylation sites (tertiary alicyclic amines) is 1. The van der Waals surface area contributed by atoms with Crippen molar-refractivity contribution in [2.45, 2.75) is 57.4 Å². The number of ether oxygens (including phenoxy) is 1. The van der Waals surface area contributed by atoms with Gasteiger partial charge >= 0.3 is 0 Å². The molecule has 1 fully saturated rings. The fourth-order valence-electron chi connectivity index (χ4n) is 5.37. The third-order valence-corrected chi connectivity index (χ3v) is 7.68. The molecule has 0 unspecified atom stereocenters. The van der Waals surface area contributed by atoms with Crippen molar-refractivity contribution >= 4 is 29.1 Å². The maximum absolute atomic E-state index is 13.9. The molecule has 4 rings (SSSR count). The molecule has 4 atom stereocenters. The first-order valence-electron chi connectivity index (χ1n) is 13.5. The van der Waals surface area contributed by atoms with Crippen molar-refractivity contribution < 1.29 is 34.4 Å². The van der Waals surface area contributed by atoms with E-state index in [9.17, 15) is 29.7 Å². The molecule has 1 saturated heterocycles. The lowest BCUT2D eigenvalue weighted by molar-refractivity contribution is -0.139. The molecule has 2 aromatic carbocycles. The fourth-order valence-corrected chi connectivity index (χ4v) is 5.37. The van der Waals surface area contributed by atoms with Gasteiger partial charge in [0.05, 0.1) is 32.0 Å². The summed E-state index contributed by atoms with van der Waals surface area (Å²) in [6.07, 6.45) is 3.92. The van der Waals surface area contributed by atoms with Crippen LogP contribution in [-0.4, -0.2) is 70.3 Å². The van der Waals surface area contributed by atoms with Crippen LogP contribution in [0.3, 0.4) is 0 Å². The summed E-state index contributed by atoms with van der Waals surface area (Å²) in [5, 5.41) is 33.6. The Morgan fingerprint density at radius 1 is 1.23 bits per heavy atom. The van der Waals surface area contributed by atoms with Crippen LogP contribution >= 0.6 is 0 Å². The fraction of sp³-hybridized carbons (Fsp3) is 0.433. The second-order valence-corrected chi connectivity index (χ2v) is 10.4. The molecular formula is C30H37N3O7. The van der Waals surface area contributed by atoms with Crippen LogP contribution in [0.5, 0.6) is 5.75 Å². The number of hydrogen-bond donors (Lipinski definition) is 4. The van der Waals surface area contributed by atoms with Gasteiger partial charge in [-0.25, -0.2) is 0 Å². The van der Waals surface area contributed by atoms with E-state index < -0.39 is 29.4 Å². The molecule has 0 bridgehead atoms. The van der Waals surface area contributed by atoms with Crippen LogP contribution in [-0.2, 0) is 26.5 Å². The summed E-state index contributed by atoms with van der Waals surface area (Å²) in [6, 6.07) is 11.9. The van der Waals surface area contributed by atoms with Gasteiger partial charge in [0.25, 0.3) is 11.8 Å². The Labute approximate surface area is 233 Å². The van der Waals surface area contributed by atoms with Gasteiger partial charge in [-0.2, -0.15) is 0 Å². The normalized spacial score (nSPS) is 21.9. The summed E-state index contributed by atoms with van der Waals surface area (Å²) >= 11 is 0. The van der Waals surface area contributed by atoms with Crippen LogP contribution in [0.25, 0.3) is 0 Å².